The van der Waals surface area contributed by atoms with Crippen LogP contribution in [0.2, 0.25) is 0 Å². The van der Waals surface area contributed by atoms with Crippen LogP contribution in [0.15, 0.2) is 30.3 Å². The summed E-state index contributed by atoms with van der Waals surface area (Å²) in [6.45, 7) is 3.75. The Morgan fingerprint density at radius 1 is 1.14 bits per heavy atom. The van der Waals surface area contributed by atoms with Crippen LogP contribution in [0.4, 0.5) is 0 Å². The number of thiazole rings is 1. The quantitative estimate of drug-likeness (QED) is 0.858. The molecular weight excluding hydrogens is 292 g/mol. The molecule has 3 nitrogen and oxygen atoms in total. The average molecular weight is 314 g/mol. The molecule has 0 radical (unpaired) electrons. The molecule has 1 saturated heterocycles. The minimum atomic E-state index is 0.181. The molecular formula is C18H22N2OS. The van der Waals surface area contributed by atoms with Gasteiger partial charge >= 0.3 is 0 Å². The highest BCUT2D eigenvalue weighted by atomic mass is 32.1. The van der Waals surface area contributed by atoms with Crippen LogP contribution in [0.1, 0.15) is 45.2 Å². The second-order valence-corrected chi connectivity index (χ2v) is 6.94. The van der Waals surface area contributed by atoms with Crippen molar-refractivity contribution in [3.05, 3.63) is 51.5 Å². The van der Waals surface area contributed by atoms with E-state index in [0.29, 0.717) is 0 Å². The molecule has 0 saturated carbocycles. The third-order valence-corrected chi connectivity index (χ3v) is 5.35. The SMILES string of the molecule is Cc1nc(CCc2ccccc2)sc1C(=O)N1CCCCC1. The summed E-state index contributed by atoms with van der Waals surface area (Å²) in [5, 5.41) is 1.07. The monoisotopic (exact) mass is 314 g/mol. The second-order valence-electron chi connectivity index (χ2n) is 5.86. The Hall–Kier alpha value is -1.68. The third-order valence-electron chi connectivity index (χ3n) is 4.15. The van der Waals surface area contributed by atoms with Crippen molar-refractivity contribution < 1.29 is 4.79 Å². The highest BCUT2D eigenvalue weighted by Gasteiger charge is 2.22. The van der Waals surface area contributed by atoms with Gasteiger partial charge in [0, 0.05) is 19.5 Å². The van der Waals surface area contributed by atoms with E-state index in [4.69, 9.17) is 0 Å². The molecule has 22 heavy (non-hydrogen) atoms. The van der Waals surface area contributed by atoms with Crippen LogP contribution in [-0.2, 0) is 12.8 Å². The fourth-order valence-corrected chi connectivity index (χ4v) is 3.93. The van der Waals surface area contributed by atoms with Gasteiger partial charge in [-0.25, -0.2) is 4.98 Å². The maximum atomic E-state index is 12.6. The summed E-state index contributed by atoms with van der Waals surface area (Å²) in [7, 11) is 0. The van der Waals surface area contributed by atoms with Crippen LogP contribution in [0, 0.1) is 6.92 Å². The van der Waals surface area contributed by atoms with Gasteiger partial charge in [0.1, 0.15) is 4.88 Å². The van der Waals surface area contributed by atoms with Crippen molar-refractivity contribution >= 4 is 17.2 Å². The minimum absolute atomic E-state index is 0.181. The maximum Gasteiger partial charge on any atom is 0.265 e. The number of carbonyl (C=O) groups is 1. The van der Waals surface area contributed by atoms with Crippen molar-refractivity contribution in [1.29, 1.82) is 0 Å². The van der Waals surface area contributed by atoms with Gasteiger partial charge in [-0.1, -0.05) is 30.3 Å². The fourth-order valence-electron chi connectivity index (χ4n) is 2.89. The lowest BCUT2D eigenvalue weighted by molar-refractivity contribution is 0.0728. The first-order valence-electron chi connectivity index (χ1n) is 8.03. The normalized spacial score (nSPS) is 15.0. The van der Waals surface area contributed by atoms with E-state index in [1.807, 2.05) is 17.9 Å². The van der Waals surface area contributed by atoms with Crippen molar-refractivity contribution in [2.45, 2.75) is 39.0 Å². The summed E-state index contributed by atoms with van der Waals surface area (Å²) >= 11 is 1.58. The number of benzene rings is 1. The van der Waals surface area contributed by atoms with Crippen LogP contribution >= 0.6 is 11.3 Å². The predicted molar refractivity (Wildman–Crippen MR) is 90.5 cm³/mol. The molecule has 1 aliphatic rings. The van der Waals surface area contributed by atoms with Crippen molar-refractivity contribution in [2.24, 2.45) is 0 Å². The summed E-state index contributed by atoms with van der Waals surface area (Å²) in [6.07, 6.45) is 5.39. The van der Waals surface area contributed by atoms with Crippen molar-refractivity contribution in [3.63, 3.8) is 0 Å². The van der Waals surface area contributed by atoms with Gasteiger partial charge in [0.05, 0.1) is 10.7 Å². The number of hydrogen-bond donors (Lipinski definition) is 0. The Labute approximate surface area is 136 Å². The first-order chi connectivity index (χ1) is 10.7. The fraction of sp³-hybridized carbons (Fsp3) is 0.444. The molecule has 1 aromatic heterocycles. The minimum Gasteiger partial charge on any atom is -0.338 e. The predicted octanol–water partition coefficient (Wildman–Crippen LogP) is 3.86. The number of carbonyl (C=O) groups excluding carboxylic acids is 1. The molecule has 1 aliphatic heterocycles. The van der Waals surface area contributed by atoms with E-state index in [1.165, 1.54) is 12.0 Å². The zero-order valence-corrected chi connectivity index (χ0v) is 13.9. The van der Waals surface area contributed by atoms with Gasteiger partial charge in [0.25, 0.3) is 5.91 Å². The Bertz CT molecular complexity index is 630. The number of hydrogen-bond acceptors (Lipinski definition) is 3. The topological polar surface area (TPSA) is 33.2 Å². The molecule has 0 unspecified atom stereocenters. The molecule has 116 valence electrons. The molecule has 0 bridgehead atoms. The van der Waals surface area contributed by atoms with E-state index in [-0.39, 0.29) is 5.91 Å². The van der Waals surface area contributed by atoms with Crippen LogP contribution in [0.25, 0.3) is 0 Å². The van der Waals surface area contributed by atoms with Crippen LogP contribution in [-0.4, -0.2) is 28.9 Å². The van der Waals surface area contributed by atoms with E-state index < -0.39 is 0 Å². The highest BCUT2D eigenvalue weighted by molar-refractivity contribution is 7.13. The Balaban J connectivity index is 1.66. The van der Waals surface area contributed by atoms with E-state index >= 15 is 0 Å². The van der Waals surface area contributed by atoms with E-state index in [0.717, 1.165) is 54.4 Å². The standard InChI is InChI=1S/C18H22N2OS/c1-14-17(18(21)20-12-6-3-7-13-20)22-16(19-14)11-10-15-8-4-2-5-9-15/h2,4-5,8-9H,3,6-7,10-13H2,1H3. The van der Waals surface area contributed by atoms with E-state index in [9.17, 15) is 4.79 Å². The van der Waals surface area contributed by atoms with Gasteiger partial charge in [0.15, 0.2) is 0 Å². The first-order valence-corrected chi connectivity index (χ1v) is 8.85. The van der Waals surface area contributed by atoms with Crippen molar-refractivity contribution in [3.8, 4) is 0 Å². The lowest BCUT2D eigenvalue weighted by Crippen LogP contribution is -2.35. The first kappa shape index (κ1) is 15.2. The lowest BCUT2D eigenvalue weighted by Gasteiger charge is -2.26. The third kappa shape index (κ3) is 3.55. The number of nitrogens with zero attached hydrogens (tertiary/aromatic N) is 2. The Morgan fingerprint density at radius 2 is 1.86 bits per heavy atom. The Morgan fingerprint density at radius 3 is 2.59 bits per heavy atom. The highest BCUT2D eigenvalue weighted by Crippen LogP contribution is 2.23. The van der Waals surface area contributed by atoms with Gasteiger partial charge < -0.3 is 4.90 Å². The number of aromatic nitrogens is 1. The molecule has 3 rings (SSSR count). The molecule has 0 N–H and O–H groups in total. The second kappa shape index (κ2) is 7.05. The van der Waals surface area contributed by atoms with Crippen molar-refractivity contribution in [1.82, 2.24) is 9.88 Å². The molecule has 2 heterocycles. The van der Waals surface area contributed by atoms with Crippen LogP contribution < -0.4 is 0 Å². The molecule has 1 amide bonds. The van der Waals surface area contributed by atoms with Gasteiger partial charge in [-0.3, -0.25) is 4.79 Å². The molecule has 0 spiro atoms. The maximum absolute atomic E-state index is 12.6. The molecule has 0 aliphatic carbocycles. The van der Waals surface area contributed by atoms with Crippen LogP contribution in [0.5, 0.6) is 0 Å². The van der Waals surface area contributed by atoms with E-state index in [2.05, 4.69) is 29.2 Å². The summed E-state index contributed by atoms with van der Waals surface area (Å²) < 4.78 is 0. The van der Waals surface area contributed by atoms with E-state index in [1.54, 1.807) is 11.3 Å². The smallest absolute Gasteiger partial charge is 0.265 e. The molecule has 1 fully saturated rings. The van der Waals surface area contributed by atoms with Gasteiger partial charge in [-0.05, 0) is 38.2 Å². The molecule has 0 atom stereocenters. The summed E-state index contributed by atoms with van der Waals surface area (Å²) in [5.74, 6) is 0.181. The zero-order chi connectivity index (χ0) is 15.4. The molecule has 4 heteroatoms. The number of rotatable bonds is 4. The van der Waals surface area contributed by atoms with Crippen molar-refractivity contribution in [2.75, 3.05) is 13.1 Å². The number of amides is 1. The summed E-state index contributed by atoms with van der Waals surface area (Å²) in [4.78, 5) is 20.0. The van der Waals surface area contributed by atoms with Gasteiger partial charge in [-0.15, -0.1) is 11.3 Å². The largest absolute Gasteiger partial charge is 0.338 e. The number of piperidine rings is 1. The Kier molecular flexibility index (Phi) is 4.88. The lowest BCUT2D eigenvalue weighted by atomic mass is 10.1. The zero-order valence-electron chi connectivity index (χ0n) is 13.0. The van der Waals surface area contributed by atoms with Gasteiger partial charge in [-0.2, -0.15) is 0 Å². The summed E-state index contributed by atoms with van der Waals surface area (Å²) in [5.41, 5.74) is 2.21. The summed E-state index contributed by atoms with van der Waals surface area (Å²) in [6, 6.07) is 10.4. The molecule has 2 aromatic rings. The average Bonchev–Trinajstić information content (AvgIpc) is 2.95. The molecule has 1 aromatic carbocycles. The van der Waals surface area contributed by atoms with Crippen LogP contribution in [0.3, 0.4) is 0 Å². The van der Waals surface area contributed by atoms with Gasteiger partial charge in [0.2, 0.25) is 0 Å². The number of aryl methyl sites for hydroxylation is 3. The number of likely N-dealkylation sites (tertiary alicyclic amines) is 1.